The van der Waals surface area contributed by atoms with Crippen molar-refractivity contribution in [2.24, 2.45) is 0 Å². The van der Waals surface area contributed by atoms with Crippen molar-refractivity contribution >= 4 is 5.91 Å². The lowest BCUT2D eigenvalue weighted by atomic mass is 9.95. The summed E-state index contributed by atoms with van der Waals surface area (Å²) < 4.78 is 5.78. The summed E-state index contributed by atoms with van der Waals surface area (Å²) >= 11 is 0. The summed E-state index contributed by atoms with van der Waals surface area (Å²) in [6.07, 6.45) is 7.63. The van der Waals surface area contributed by atoms with Crippen LogP contribution in [0.25, 0.3) is 0 Å². The number of fused-ring (bicyclic) bond motifs is 2. The normalized spacial score (nSPS) is 31.6. The van der Waals surface area contributed by atoms with Crippen molar-refractivity contribution in [1.82, 2.24) is 10.6 Å². The van der Waals surface area contributed by atoms with Crippen LogP contribution in [0.3, 0.4) is 0 Å². The SMILES string of the molecule is CCCCCNC(=O)C(C)NC1CC2CCC1O2. The second kappa shape index (κ2) is 6.53. The fraction of sp³-hybridized carbons (Fsp3) is 0.929. The number of hydrogen-bond donors (Lipinski definition) is 2. The van der Waals surface area contributed by atoms with Gasteiger partial charge in [-0.3, -0.25) is 4.79 Å². The van der Waals surface area contributed by atoms with Crippen molar-refractivity contribution in [3.63, 3.8) is 0 Å². The monoisotopic (exact) mass is 254 g/mol. The van der Waals surface area contributed by atoms with Gasteiger partial charge in [-0.15, -0.1) is 0 Å². The van der Waals surface area contributed by atoms with E-state index in [0.29, 0.717) is 18.2 Å². The molecule has 2 saturated heterocycles. The van der Waals surface area contributed by atoms with Crippen LogP contribution in [0.4, 0.5) is 0 Å². The lowest BCUT2D eigenvalue weighted by Gasteiger charge is -2.24. The molecule has 0 aromatic carbocycles. The highest BCUT2D eigenvalue weighted by molar-refractivity contribution is 5.81. The third-order valence-corrected chi connectivity index (χ3v) is 4.04. The Labute approximate surface area is 110 Å². The van der Waals surface area contributed by atoms with E-state index in [0.717, 1.165) is 25.8 Å². The van der Waals surface area contributed by atoms with Gasteiger partial charge in [0.05, 0.1) is 18.2 Å². The van der Waals surface area contributed by atoms with Gasteiger partial charge in [0.1, 0.15) is 0 Å². The molecule has 4 nitrogen and oxygen atoms in total. The molecule has 2 aliphatic rings. The molecule has 0 spiro atoms. The zero-order valence-corrected chi connectivity index (χ0v) is 11.6. The third-order valence-electron chi connectivity index (χ3n) is 4.04. The first-order valence-corrected chi connectivity index (χ1v) is 7.40. The van der Waals surface area contributed by atoms with Crippen LogP contribution in [-0.2, 0) is 9.53 Å². The van der Waals surface area contributed by atoms with Crippen LogP contribution in [-0.4, -0.2) is 36.7 Å². The predicted octanol–water partition coefficient (Wildman–Crippen LogP) is 1.59. The van der Waals surface area contributed by atoms with Crippen molar-refractivity contribution in [3.8, 4) is 0 Å². The molecule has 0 aromatic heterocycles. The number of carbonyl (C=O) groups is 1. The van der Waals surface area contributed by atoms with Crippen molar-refractivity contribution in [1.29, 1.82) is 0 Å². The van der Waals surface area contributed by atoms with Crippen LogP contribution in [0.2, 0.25) is 0 Å². The number of nitrogens with one attached hydrogen (secondary N) is 2. The molecule has 0 saturated carbocycles. The van der Waals surface area contributed by atoms with Gasteiger partial charge in [-0.25, -0.2) is 0 Å². The van der Waals surface area contributed by atoms with E-state index < -0.39 is 0 Å². The Hall–Kier alpha value is -0.610. The minimum absolute atomic E-state index is 0.112. The number of unbranched alkanes of at least 4 members (excludes halogenated alkanes) is 2. The molecular formula is C14H26N2O2. The minimum Gasteiger partial charge on any atom is -0.373 e. The standard InChI is InChI=1S/C14H26N2O2/c1-3-4-5-8-15-14(17)10(2)16-12-9-11-6-7-13(12)18-11/h10-13,16H,3-9H2,1-2H3,(H,15,17). The maximum atomic E-state index is 11.9. The quantitative estimate of drug-likeness (QED) is 0.678. The molecule has 18 heavy (non-hydrogen) atoms. The molecule has 0 aromatic rings. The lowest BCUT2D eigenvalue weighted by Crippen LogP contribution is -2.49. The summed E-state index contributed by atoms with van der Waals surface area (Å²) in [5.41, 5.74) is 0. The summed E-state index contributed by atoms with van der Waals surface area (Å²) in [6, 6.07) is 0.264. The van der Waals surface area contributed by atoms with E-state index in [1.807, 2.05) is 6.92 Å². The topological polar surface area (TPSA) is 50.4 Å². The number of ether oxygens (including phenoxy) is 1. The zero-order valence-electron chi connectivity index (χ0n) is 11.6. The number of carbonyl (C=O) groups excluding carboxylic acids is 1. The van der Waals surface area contributed by atoms with Gasteiger partial charge >= 0.3 is 0 Å². The Bertz CT molecular complexity index is 283. The highest BCUT2D eigenvalue weighted by atomic mass is 16.5. The molecule has 2 bridgehead atoms. The number of hydrogen-bond acceptors (Lipinski definition) is 3. The summed E-state index contributed by atoms with van der Waals surface area (Å²) in [4.78, 5) is 11.9. The Balaban J connectivity index is 1.64. The van der Waals surface area contributed by atoms with Crippen LogP contribution in [0.5, 0.6) is 0 Å². The molecule has 1 amide bonds. The maximum absolute atomic E-state index is 11.9. The van der Waals surface area contributed by atoms with E-state index in [-0.39, 0.29) is 11.9 Å². The molecule has 2 rings (SSSR count). The molecule has 2 aliphatic heterocycles. The first-order chi connectivity index (χ1) is 8.70. The minimum atomic E-state index is -0.112. The van der Waals surface area contributed by atoms with E-state index in [2.05, 4.69) is 17.6 Å². The van der Waals surface area contributed by atoms with Crippen LogP contribution in [0.15, 0.2) is 0 Å². The van der Waals surface area contributed by atoms with Crippen LogP contribution < -0.4 is 10.6 Å². The maximum Gasteiger partial charge on any atom is 0.236 e. The number of amides is 1. The predicted molar refractivity (Wildman–Crippen MR) is 71.4 cm³/mol. The van der Waals surface area contributed by atoms with Crippen molar-refractivity contribution in [2.45, 2.75) is 76.7 Å². The second-order valence-electron chi connectivity index (χ2n) is 5.60. The van der Waals surface area contributed by atoms with Gasteiger partial charge in [-0.05, 0) is 32.6 Å². The van der Waals surface area contributed by atoms with Crippen molar-refractivity contribution < 1.29 is 9.53 Å². The molecule has 104 valence electrons. The van der Waals surface area contributed by atoms with E-state index in [4.69, 9.17) is 4.74 Å². The summed E-state index contributed by atoms with van der Waals surface area (Å²) in [5, 5.41) is 6.41. The first kappa shape index (κ1) is 13.8. The van der Waals surface area contributed by atoms with Gasteiger partial charge in [0.2, 0.25) is 5.91 Å². The Morgan fingerprint density at radius 3 is 2.83 bits per heavy atom. The van der Waals surface area contributed by atoms with Gasteiger partial charge in [0.15, 0.2) is 0 Å². The Morgan fingerprint density at radius 2 is 2.22 bits per heavy atom. The lowest BCUT2D eigenvalue weighted by molar-refractivity contribution is -0.123. The molecule has 4 unspecified atom stereocenters. The average molecular weight is 254 g/mol. The summed E-state index contributed by atoms with van der Waals surface area (Å²) in [7, 11) is 0. The smallest absolute Gasteiger partial charge is 0.236 e. The van der Waals surface area contributed by atoms with Gasteiger partial charge < -0.3 is 15.4 Å². The van der Waals surface area contributed by atoms with E-state index in [1.54, 1.807) is 0 Å². The Morgan fingerprint density at radius 1 is 1.39 bits per heavy atom. The molecule has 0 radical (unpaired) electrons. The molecule has 2 heterocycles. The van der Waals surface area contributed by atoms with Gasteiger partial charge in [0, 0.05) is 12.6 Å². The van der Waals surface area contributed by atoms with Gasteiger partial charge in [-0.1, -0.05) is 19.8 Å². The summed E-state index contributed by atoms with van der Waals surface area (Å²) in [5.74, 6) is 0.119. The van der Waals surface area contributed by atoms with E-state index in [1.165, 1.54) is 19.3 Å². The zero-order chi connectivity index (χ0) is 13.0. The molecule has 4 atom stereocenters. The third kappa shape index (κ3) is 3.45. The van der Waals surface area contributed by atoms with Crippen LogP contribution in [0.1, 0.15) is 52.4 Å². The van der Waals surface area contributed by atoms with Gasteiger partial charge in [0.25, 0.3) is 0 Å². The fourth-order valence-corrected chi connectivity index (χ4v) is 2.95. The molecular weight excluding hydrogens is 228 g/mol. The Kier molecular flexibility index (Phi) is 5.01. The first-order valence-electron chi connectivity index (χ1n) is 7.40. The van der Waals surface area contributed by atoms with Gasteiger partial charge in [-0.2, -0.15) is 0 Å². The highest BCUT2D eigenvalue weighted by Crippen LogP contribution is 2.34. The van der Waals surface area contributed by atoms with Crippen molar-refractivity contribution in [3.05, 3.63) is 0 Å². The largest absolute Gasteiger partial charge is 0.373 e. The van der Waals surface area contributed by atoms with E-state index >= 15 is 0 Å². The van der Waals surface area contributed by atoms with E-state index in [9.17, 15) is 4.79 Å². The second-order valence-corrected chi connectivity index (χ2v) is 5.60. The van der Waals surface area contributed by atoms with Crippen molar-refractivity contribution in [2.75, 3.05) is 6.54 Å². The molecule has 2 N–H and O–H groups in total. The number of rotatable bonds is 7. The average Bonchev–Trinajstić information content (AvgIpc) is 2.96. The van der Waals surface area contributed by atoms with Crippen LogP contribution in [0, 0.1) is 0 Å². The summed E-state index contributed by atoms with van der Waals surface area (Å²) in [6.45, 7) is 4.91. The fourth-order valence-electron chi connectivity index (χ4n) is 2.95. The van der Waals surface area contributed by atoms with Crippen LogP contribution >= 0.6 is 0 Å². The molecule has 0 aliphatic carbocycles. The molecule has 2 fully saturated rings. The molecule has 4 heteroatoms. The highest BCUT2D eigenvalue weighted by Gasteiger charge is 2.41.